The normalized spacial score (nSPS) is 18.3. The van der Waals surface area contributed by atoms with E-state index >= 15 is 0 Å². The van der Waals surface area contributed by atoms with Crippen LogP contribution in [0.4, 0.5) is 5.69 Å². The monoisotopic (exact) mass is 262 g/mol. The number of piperidine rings is 1. The molecule has 3 N–H and O–H groups in total. The number of aliphatic hydroxyl groups is 1. The zero-order valence-electron chi connectivity index (χ0n) is 11.4. The topological polar surface area (TPSA) is 66.6 Å². The van der Waals surface area contributed by atoms with Crippen molar-refractivity contribution in [2.75, 3.05) is 18.0 Å². The molecule has 1 saturated heterocycles. The summed E-state index contributed by atoms with van der Waals surface area (Å²) in [6, 6.07) is 8.03. The fourth-order valence-corrected chi connectivity index (χ4v) is 2.57. The molecule has 1 aliphatic heterocycles. The highest BCUT2D eigenvalue weighted by Gasteiger charge is 2.23. The van der Waals surface area contributed by atoms with Gasteiger partial charge in [0.25, 0.3) is 0 Å². The highest BCUT2D eigenvalue weighted by Crippen LogP contribution is 2.25. The van der Waals surface area contributed by atoms with Crippen LogP contribution in [0.1, 0.15) is 37.9 Å². The number of carbonyl (C=O) groups excluding carboxylic acids is 1. The SMILES string of the molecule is CCC(O)c1ccc(N2CCC(C(N)=O)CC2)cc1. The molecule has 0 aromatic heterocycles. The van der Waals surface area contributed by atoms with Gasteiger partial charge in [-0.15, -0.1) is 0 Å². The summed E-state index contributed by atoms with van der Waals surface area (Å²) in [6.07, 6.45) is 2.00. The second kappa shape index (κ2) is 6.06. The first-order chi connectivity index (χ1) is 9.11. The quantitative estimate of drug-likeness (QED) is 0.870. The summed E-state index contributed by atoms with van der Waals surface area (Å²) in [7, 11) is 0. The Balaban J connectivity index is 1.98. The van der Waals surface area contributed by atoms with Gasteiger partial charge in [0.15, 0.2) is 0 Å². The van der Waals surface area contributed by atoms with E-state index in [0.717, 1.165) is 43.6 Å². The van der Waals surface area contributed by atoms with Gasteiger partial charge in [-0.3, -0.25) is 4.79 Å². The van der Waals surface area contributed by atoms with Crippen LogP contribution in [-0.2, 0) is 4.79 Å². The Kier molecular flexibility index (Phi) is 4.43. The van der Waals surface area contributed by atoms with Crippen LogP contribution in [-0.4, -0.2) is 24.1 Å². The lowest BCUT2D eigenvalue weighted by molar-refractivity contribution is -0.122. The summed E-state index contributed by atoms with van der Waals surface area (Å²) < 4.78 is 0. The molecule has 104 valence electrons. The smallest absolute Gasteiger partial charge is 0.220 e. The van der Waals surface area contributed by atoms with Crippen molar-refractivity contribution in [1.82, 2.24) is 0 Å². The van der Waals surface area contributed by atoms with Gasteiger partial charge in [0, 0.05) is 24.7 Å². The minimum Gasteiger partial charge on any atom is -0.388 e. The molecular formula is C15H22N2O2. The van der Waals surface area contributed by atoms with Crippen LogP contribution in [0, 0.1) is 5.92 Å². The van der Waals surface area contributed by atoms with E-state index in [1.807, 2.05) is 31.2 Å². The van der Waals surface area contributed by atoms with Gasteiger partial charge in [-0.2, -0.15) is 0 Å². The van der Waals surface area contributed by atoms with E-state index in [1.54, 1.807) is 0 Å². The summed E-state index contributed by atoms with van der Waals surface area (Å²) >= 11 is 0. The Morgan fingerprint density at radius 1 is 1.37 bits per heavy atom. The third kappa shape index (κ3) is 3.26. The largest absolute Gasteiger partial charge is 0.388 e. The second-order valence-electron chi connectivity index (χ2n) is 5.18. The molecule has 0 bridgehead atoms. The molecule has 1 atom stereocenters. The molecule has 1 aliphatic rings. The van der Waals surface area contributed by atoms with E-state index in [9.17, 15) is 9.90 Å². The van der Waals surface area contributed by atoms with Gasteiger partial charge in [0.05, 0.1) is 6.10 Å². The van der Waals surface area contributed by atoms with Gasteiger partial charge in [-0.05, 0) is 37.0 Å². The Morgan fingerprint density at radius 3 is 2.42 bits per heavy atom. The molecule has 4 nitrogen and oxygen atoms in total. The third-order valence-corrected chi connectivity index (χ3v) is 3.93. The Morgan fingerprint density at radius 2 is 1.95 bits per heavy atom. The Bertz CT molecular complexity index is 422. The van der Waals surface area contributed by atoms with Gasteiger partial charge in [0.1, 0.15) is 0 Å². The van der Waals surface area contributed by atoms with Gasteiger partial charge in [0.2, 0.25) is 5.91 Å². The van der Waals surface area contributed by atoms with Crippen molar-refractivity contribution in [1.29, 1.82) is 0 Å². The average molecular weight is 262 g/mol. The van der Waals surface area contributed by atoms with Crippen LogP contribution in [0.3, 0.4) is 0 Å². The minimum atomic E-state index is -0.380. The van der Waals surface area contributed by atoms with Gasteiger partial charge >= 0.3 is 0 Å². The van der Waals surface area contributed by atoms with Gasteiger partial charge in [-0.25, -0.2) is 0 Å². The number of benzene rings is 1. The first kappa shape index (κ1) is 13.9. The van der Waals surface area contributed by atoms with Crippen molar-refractivity contribution in [2.24, 2.45) is 11.7 Å². The molecular weight excluding hydrogens is 240 g/mol. The lowest BCUT2D eigenvalue weighted by Crippen LogP contribution is -2.38. The number of hydrogen-bond acceptors (Lipinski definition) is 3. The van der Waals surface area contributed by atoms with E-state index in [4.69, 9.17) is 5.73 Å². The molecule has 4 heteroatoms. The number of primary amides is 1. The first-order valence-electron chi connectivity index (χ1n) is 6.94. The minimum absolute atomic E-state index is 0.0254. The summed E-state index contributed by atoms with van der Waals surface area (Å²) in [6.45, 7) is 3.69. The standard InChI is InChI=1S/C15H22N2O2/c1-2-14(18)11-3-5-13(6-4-11)17-9-7-12(8-10-17)15(16)19/h3-6,12,14,18H,2,7-10H2,1H3,(H2,16,19). The van der Waals surface area contributed by atoms with Crippen LogP contribution in [0.5, 0.6) is 0 Å². The fourth-order valence-electron chi connectivity index (χ4n) is 2.57. The molecule has 1 unspecified atom stereocenters. The molecule has 0 saturated carbocycles. The predicted octanol–water partition coefficient (Wildman–Crippen LogP) is 1.83. The number of carbonyl (C=O) groups is 1. The van der Waals surface area contributed by atoms with E-state index in [1.165, 1.54) is 0 Å². The molecule has 0 aliphatic carbocycles. The zero-order valence-corrected chi connectivity index (χ0v) is 11.4. The second-order valence-corrected chi connectivity index (χ2v) is 5.18. The maximum atomic E-state index is 11.1. The molecule has 1 aromatic carbocycles. The first-order valence-corrected chi connectivity index (χ1v) is 6.94. The average Bonchev–Trinajstić information content (AvgIpc) is 2.46. The summed E-state index contributed by atoms with van der Waals surface area (Å²) in [5.41, 5.74) is 7.44. The van der Waals surface area contributed by atoms with Crippen LogP contribution >= 0.6 is 0 Å². The number of anilines is 1. The van der Waals surface area contributed by atoms with Crippen LogP contribution in [0.2, 0.25) is 0 Å². The number of nitrogens with two attached hydrogens (primary N) is 1. The third-order valence-electron chi connectivity index (χ3n) is 3.93. The maximum absolute atomic E-state index is 11.1. The van der Waals surface area contributed by atoms with Crippen molar-refractivity contribution < 1.29 is 9.90 Å². The Hall–Kier alpha value is -1.55. The van der Waals surface area contributed by atoms with Crippen molar-refractivity contribution in [3.8, 4) is 0 Å². The van der Waals surface area contributed by atoms with Crippen molar-refractivity contribution in [3.63, 3.8) is 0 Å². The summed E-state index contributed by atoms with van der Waals surface area (Å²) in [4.78, 5) is 13.4. The molecule has 1 amide bonds. The zero-order chi connectivity index (χ0) is 13.8. The van der Waals surface area contributed by atoms with Crippen molar-refractivity contribution in [2.45, 2.75) is 32.3 Å². The number of rotatable bonds is 4. The molecule has 1 aromatic rings. The van der Waals surface area contributed by atoms with Crippen molar-refractivity contribution in [3.05, 3.63) is 29.8 Å². The molecule has 19 heavy (non-hydrogen) atoms. The van der Waals surface area contributed by atoms with E-state index < -0.39 is 0 Å². The molecule has 1 heterocycles. The predicted molar refractivity (Wildman–Crippen MR) is 75.8 cm³/mol. The van der Waals surface area contributed by atoms with Gasteiger partial charge in [-0.1, -0.05) is 19.1 Å². The molecule has 0 radical (unpaired) electrons. The van der Waals surface area contributed by atoms with Crippen molar-refractivity contribution >= 4 is 11.6 Å². The van der Waals surface area contributed by atoms with Crippen LogP contribution < -0.4 is 10.6 Å². The van der Waals surface area contributed by atoms with Crippen LogP contribution in [0.25, 0.3) is 0 Å². The van der Waals surface area contributed by atoms with E-state index in [0.29, 0.717) is 0 Å². The van der Waals surface area contributed by atoms with Gasteiger partial charge < -0.3 is 15.7 Å². The number of amides is 1. The van der Waals surface area contributed by atoms with Crippen LogP contribution in [0.15, 0.2) is 24.3 Å². The highest BCUT2D eigenvalue weighted by atomic mass is 16.3. The van der Waals surface area contributed by atoms with E-state index in [2.05, 4.69) is 4.90 Å². The maximum Gasteiger partial charge on any atom is 0.220 e. The summed E-state index contributed by atoms with van der Waals surface area (Å²) in [5.74, 6) is -0.154. The lowest BCUT2D eigenvalue weighted by atomic mass is 9.96. The number of nitrogens with zero attached hydrogens (tertiary/aromatic N) is 1. The number of aliphatic hydroxyl groups excluding tert-OH is 1. The molecule has 1 fully saturated rings. The highest BCUT2D eigenvalue weighted by molar-refractivity contribution is 5.77. The Labute approximate surface area is 114 Å². The van der Waals surface area contributed by atoms with E-state index in [-0.39, 0.29) is 17.9 Å². The molecule has 0 spiro atoms. The molecule has 2 rings (SSSR count). The fraction of sp³-hybridized carbons (Fsp3) is 0.533. The lowest BCUT2D eigenvalue weighted by Gasteiger charge is -2.32. The summed E-state index contributed by atoms with van der Waals surface area (Å²) in [5, 5.41) is 9.76. The number of hydrogen-bond donors (Lipinski definition) is 2.